The molecule has 0 aliphatic carbocycles. The fourth-order valence-electron chi connectivity index (χ4n) is 0.400. The highest BCUT2D eigenvalue weighted by Crippen LogP contribution is 1.91. The van der Waals surface area contributed by atoms with Gasteiger partial charge in [-0.3, -0.25) is 0 Å². The molecule has 1 rings (SSSR count). The first-order valence-electron chi connectivity index (χ1n) is 2.13. The molecule has 6 nitrogen and oxygen atoms in total. The molecule has 3 amide bonds. The lowest BCUT2D eigenvalue weighted by molar-refractivity contribution is 0.148. The van der Waals surface area contributed by atoms with Crippen molar-refractivity contribution >= 4 is 12.1 Å². The summed E-state index contributed by atoms with van der Waals surface area (Å²) < 4.78 is 0. The van der Waals surface area contributed by atoms with Crippen molar-refractivity contribution in [3.05, 3.63) is 6.67 Å². The molecule has 0 aromatic heterocycles. The zero-order chi connectivity index (χ0) is 6.85. The molecule has 0 bridgehead atoms. The molecule has 3 N–H and O–H groups in total. The number of nitrogens with one attached hydrogen (secondary N) is 2. The van der Waals surface area contributed by atoms with E-state index in [2.05, 4.69) is 5.32 Å². The molecule has 0 aromatic rings. The Morgan fingerprint density at radius 3 is 2.67 bits per heavy atom. The molecule has 0 spiro atoms. The van der Waals surface area contributed by atoms with Gasteiger partial charge in [0, 0.05) is 0 Å². The second-order valence-electron chi connectivity index (χ2n) is 1.37. The van der Waals surface area contributed by atoms with Gasteiger partial charge < -0.3 is 10.4 Å². The topological polar surface area (TPSA) is 81.7 Å². The van der Waals surface area contributed by atoms with E-state index in [0.717, 1.165) is 6.67 Å². The number of nitrogens with zero attached hydrogens (tertiary/aromatic N) is 1. The summed E-state index contributed by atoms with van der Waals surface area (Å²) in [6, 6.07) is -0.544. The molecule has 1 aliphatic rings. The number of rotatable bonds is 0. The molecule has 6 heteroatoms. The van der Waals surface area contributed by atoms with Crippen LogP contribution in [0.1, 0.15) is 0 Å². The van der Waals surface area contributed by atoms with Crippen LogP contribution in [0.2, 0.25) is 0 Å². The van der Waals surface area contributed by atoms with Gasteiger partial charge in [0.1, 0.15) is 0 Å². The molecule has 0 aromatic carbocycles. The first kappa shape index (κ1) is 5.67. The molecule has 1 radical (unpaired) electrons. The van der Waals surface area contributed by atoms with Crippen molar-refractivity contribution in [1.82, 2.24) is 15.8 Å². The second-order valence-corrected chi connectivity index (χ2v) is 1.37. The van der Waals surface area contributed by atoms with Crippen molar-refractivity contribution in [1.29, 1.82) is 0 Å². The van der Waals surface area contributed by atoms with Gasteiger partial charge in [-0.1, -0.05) is 0 Å². The maximum absolute atomic E-state index is 10.2. The highest BCUT2D eigenvalue weighted by atomic mass is 16.4. The largest absolute Gasteiger partial charge is 0.464 e. The van der Waals surface area contributed by atoms with Gasteiger partial charge in [-0.05, 0) is 0 Å². The lowest BCUT2D eigenvalue weighted by atomic mass is 10.9. The van der Waals surface area contributed by atoms with Crippen LogP contribution in [-0.4, -0.2) is 22.2 Å². The average molecular weight is 130 g/mol. The predicted octanol–water partition coefficient (Wildman–Crippen LogP) is -0.687. The maximum Gasteiger partial charge on any atom is 0.428 e. The van der Waals surface area contributed by atoms with E-state index in [4.69, 9.17) is 5.11 Å². The minimum atomic E-state index is -1.23. The smallest absolute Gasteiger partial charge is 0.428 e. The van der Waals surface area contributed by atoms with Crippen LogP contribution >= 0.6 is 0 Å². The number of hydrogen-bond donors (Lipinski definition) is 3. The average Bonchev–Trinajstić information content (AvgIpc) is 2.14. The number of carbonyl (C=O) groups excluding carboxylic acids is 1. The minimum absolute atomic E-state index is 0.544. The Kier molecular flexibility index (Phi) is 1.14. The van der Waals surface area contributed by atoms with E-state index in [1.54, 1.807) is 0 Å². The molecule has 1 saturated heterocycles. The first-order chi connectivity index (χ1) is 4.20. The summed E-state index contributed by atoms with van der Waals surface area (Å²) >= 11 is 0. The van der Waals surface area contributed by atoms with E-state index in [-0.39, 0.29) is 0 Å². The van der Waals surface area contributed by atoms with Crippen LogP contribution < -0.4 is 10.7 Å². The van der Waals surface area contributed by atoms with Crippen LogP contribution in [0.5, 0.6) is 0 Å². The highest BCUT2D eigenvalue weighted by Gasteiger charge is 2.21. The fourth-order valence-corrected chi connectivity index (χ4v) is 0.400. The van der Waals surface area contributed by atoms with Gasteiger partial charge in [-0.15, -0.1) is 0 Å². The fraction of sp³-hybridized carbons (Fsp3) is 0. The molecular weight excluding hydrogens is 126 g/mol. The summed E-state index contributed by atoms with van der Waals surface area (Å²) in [7, 11) is 0. The quantitative estimate of drug-likeness (QED) is 0.406. The lowest BCUT2D eigenvalue weighted by Gasteiger charge is -2.04. The number of amides is 3. The normalized spacial score (nSPS) is 16.9. The van der Waals surface area contributed by atoms with Crippen molar-refractivity contribution in [2.45, 2.75) is 0 Å². The van der Waals surface area contributed by atoms with Crippen LogP contribution in [0, 0.1) is 6.67 Å². The lowest BCUT2D eigenvalue weighted by Crippen LogP contribution is -2.35. The van der Waals surface area contributed by atoms with E-state index in [9.17, 15) is 9.59 Å². The third-order valence-corrected chi connectivity index (χ3v) is 0.753. The Bertz CT molecular complexity index is 156. The van der Waals surface area contributed by atoms with E-state index >= 15 is 0 Å². The van der Waals surface area contributed by atoms with E-state index in [1.165, 1.54) is 0 Å². The Hall–Kier alpha value is -1.46. The summed E-state index contributed by atoms with van der Waals surface area (Å²) in [5, 5.41) is 10.9. The van der Waals surface area contributed by atoms with Gasteiger partial charge in [0.25, 0.3) is 0 Å². The van der Waals surface area contributed by atoms with Crippen molar-refractivity contribution < 1.29 is 14.7 Å². The van der Waals surface area contributed by atoms with Gasteiger partial charge in [-0.2, -0.15) is 5.01 Å². The SMILES string of the molecule is O=C1N[CH]N(C(=O)O)N1. The number of hydrazine groups is 1. The van der Waals surface area contributed by atoms with Crippen LogP contribution in [0.25, 0.3) is 0 Å². The van der Waals surface area contributed by atoms with Crippen molar-refractivity contribution in [2.75, 3.05) is 0 Å². The maximum atomic E-state index is 10.2. The molecule has 1 fully saturated rings. The molecule has 1 aliphatic heterocycles. The van der Waals surface area contributed by atoms with E-state index < -0.39 is 12.1 Å². The third-order valence-electron chi connectivity index (χ3n) is 0.753. The van der Waals surface area contributed by atoms with Crippen LogP contribution in [0.15, 0.2) is 0 Å². The third kappa shape index (κ3) is 1.01. The Morgan fingerprint density at radius 1 is 1.78 bits per heavy atom. The molecule has 0 saturated carbocycles. The van der Waals surface area contributed by atoms with Gasteiger partial charge >= 0.3 is 12.1 Å². The molecular formula is C3H4N3O3. The predicted molar refractivity (Wildman–Crippen MR) is 25.8 cm³/mol. The first-order valence-corrected chi connectivity index (χ1v) is 2.13. The van der Waals surface area contributed by atoms with Gasteiger partial charge in [-0.25, -0.2) is 15.0 Å². The highest BCUT2D eigenvalue weighted by molar-refractivity contribution is 5.81. The molecule has 1 heterocycles. The summed E-state index contributed by atoms with van der Waals surface area (Å²) in [6.07, 6.45) is -1.23. The van der Waals surface area contributed by atoms with Crippen molar-refractivity contribution in [3.8, 4) is 0 Å². The molecule has 9 heavy (non-hydrogen) atoms. The van der Waals surface area contributed by atoms with Crippen LogP contribution in [0.4, 0.5) is 9.59 Å². The Balaban J connectivity index is 2.48. The Morgan fingerprint density at radius 2 is 2.44 bits per heavy atom. The molecule has 0 atom stereocenters. The summed E-state index contributed by atoms with van der Waals surface area (Å²) in [5.41, 5.74) is 1.98. The second kappa shape index (κ2) is 1.81. The van der Waals surface area contributed by atoms with Gasteiger partial charge in [0.15, 0.2) is 6.67 Å². The number of hydrogen-bond acceptors (Lipinski definition) is 2. The van der Waals surface area contributed by atoms with Crippen molar-refractivity contribution in [2.24, 2.45) is 0 Å². The minimum Gasteiger partial charge on any atom is -0.464 e. The number of carbonyl (C=O) groups is 2. The summed E-state index contributed by atoms with van der Waals surface area (Å²) in [6.45, 7) is 1.02. The number of carboxylic acid groups (broad SMARTS) is 1. The van der Waals surface area contributed by atoms with E-state index in [1.807, 2.05) is 5.43 Å². The molecule has 49 valence electrons. The summed E-state index contributed by atoms with van der Waals surface area (Å²) in [4.78, 5) is 20.2. The van der Waals surface area contributed by atoms with Crippen molar-refractivity contribution in [3.63, 3.8) is 0 Å². The van der Waals surface area contributed by atoms with Gasteiger partial charge in [0.05, 0.1) is 0 Å². The summed E-state index contributed by atoms with van der Waals surface area (Å²) in [5.74, 6) is 0. The van der Waals surface area contributed by atoms with Crippen LogP contribution in [-0.2, 0) is 0 Å². The van der Waals surface area contributed by atoms with Gasteiger partial charge in [0.2, 0.25) is 0 Å². The zero-order valence-electron chi connectivity index (χ0n) is 4.29. The standard InChI is InChI=1S/C3H4N3O3/c7-2-4-1-6(5-2)3(8)9/h1H,(H,8,9)(H2,4,5,7). The monoisotopic (exact) mass is 130 g/mol. The van der Waals surface area contributed by atoms with Crippen LogP contribution in [0.3, 0.4) is 0 Å². The Labute approximate surface area is 50.4 Å². The number of urea groups is 1. The zero-order valence-corrected chi connectivity index (χ0v) is 4.29. The van der Waals surface area contributed by atoms with E-state index in [0.29, 0.717) is 5.01 Å². The molecule has 0 unspecified atom stereocenters.